The van der Waals surface area contributed by atoms with Gasteiger partial charge in [-0.05, 0) is 61.7 Å². The molecule has 4 heteroatoms. The molecular formula is C16H17BrN2O. The molecule has 0 aliphatic rings. The number of amides is 2. The number of carbonyl (C=O) groups is 1. The lowest BCUT2D eigenvalue weighted by molar-refractivity contribution is 0.262. The van der Waals surface area contributed by atoms with E-state index >= 15 is 0 Å². The lowest BCUT2D eigenvalue weighted by Gasteiger charge is -2.12. The number of aryl methyl sites for hydroxylation is 2. The Hall–Kier alpha value is -1.81. The number of urea groups is 1. The summed E-state index contributed by atoms with van der Waals surface area (Å²) in [5.74, 6) is 0. The normalized spacial score (nSPS) is 10.2. The van der Waals surface area contributed by atoms with Gasteiger partial charge in [0.2, 0.25) is 0 Å². The fourth-order valence-electron chi connectivity index (χ4n) is 1.93. The number of carbonyl (C=O) groups excluding carboxylic acids is 1. The minimum absolute atomic E-state index is 0.232. The van der Waals surface area contributed by atoms with Crippen LogP contribution in [0.25, 0.3) is 0 Å². The summed E-state index contributed by atoms with van der Waals surface area (Å²) >= 11 is 3.41. The predicted octanol–water partition coefficient (Wildman–Crippen LogP) is 5.02. The molecule has 20 heavy (non-hydrogen) atoms. The van der Waals surface area contributed by atoms with Crippen LogP contribution in [0.5, 0.6) is 0 Å². The maximum Gasteiger partial charge on any atom is 0.323 e. The molecule has 0 atom stereocenters. The minimum Gasteiger partial charge on any atom is -0.307 e. The van der Waals surface area contributed by atoms with Crippen molar-refractivity contribution < 1.29 is 4.79 Å². The molecule has 0 bridgehead atoms. The van der Waals surface area contributed by atoms with Gasteiger partial charge in [0.25, 0.3) is 0 Å². The fourth-order valence-corrected chi connectivity index (χ4v) is 2.41. The molecule has 0 radical (unpaired) electrons. The Morgan fingerprint density at radius 3 is 2.35 bits per heavy atom. The summed E-state index contributed by atoms with van der Waals surface area (Å²) in [7, 11) is 0. The molecule has 2 amide bonds. The molecule has 3 nitrogen and oxygen atoms in total. The summed E-state index contributed by atoms with van der Waals surface area (Å²) < 4.78 is 0.996. The smallest absolute Gasteiger partial charge is 0.307 e. The van der Waals surface area contributed by atoms with Gasteiger partial charge in [0, 0.05) is 15.8 Å². The second-order valence-electron chi connectivity index (χ2n) is 4.79. The minimum atomic E-state index is -0.232. The zero-order chi connectivity index (χ0) is 14.7. The van der Waals surface area contributed by atoms with Crippen LogP contribution in [-0.2, 0) is 0 Å². The third-order valence-electron chi connectivity index (χ3n) is 3.29. The molecule has 2 N–H and O–H groups in total. The average molecular weight is 333 g/mol. The van der Waals surface area contributed by atoms with Gasteiger partial charge >= 0.3 is 6.03 Å². The van der Waals surface area contributed by atoms with E-state index in [1.54, 1.807) is 0 Å². The third-order valence-corrected chi connectivity index (χ3v) is 3.78. The van der Waals surface area contributed by atoms with E-state index in [1.807, 2.05) is 57.2 Å². The molecule has 2 aromatic rings. The van der Waals surface area contributed by atoms with E-state index in [0.717, 1.165) is 32.5 Å². The molecule has 0 fully saturated rings. The van der Waals surface area contributed by atoms with E-state index in [4.69, 9.17) is 0 Å². The first-order valence-electron chi connectivity index (χ1n) is 6.38. The zero-order valence-electron chi connectivity index (χ0n) is 11.8. The Bertz CT molecular complexity index is 653. The van der Waals surface area contributed by atoms with Crippen molar-refractivity contribution in [2.24, 2.45) is 0 Å². The van der Waals surface area contributed by atoms with Gasteiger partial charge in [-0.2, -0.15) is 0 Å². The molecule has 0 aliphatic carbocycles. The van der Waals surface area contributed by atoms with Crippen molar-refractivity contribution in [2.45, 2.75) is 20.8 Å². The predicted molar refractivity (Wildman–Crippen MR) is 87.4 cm³/mol. The van der Waals surface area contributed by atoms with E-state index < -0.39 is 0 Å². The zero-order valence-corrected chi connectivity index (χ0v) is 13.3. The monoisotopic (exact) mass is 332 g/mol. The largest absolute Gasteiger partial charge is 0.323 e. The lowest BCUT2D eigenvalue weighted by Crippen LogP contribution is -2.20. The third kappa shape index (κ3) is 3.39. The molecule has 2 rings (SSSR count). The first kappa shape index (κ1) is 14.6. The van der Waals surface area contributed by atoms with Crippen molar-refractivity contribution in [1.29, 1.82) is 0 Å². The summed E-state index contributed by atoms with van der Waals surface area (Å²) in [4.78, 5) is 12.0. The fraction of sp³-hybridized carbons (Fsp3) is 0.188. The van der Waals surface area contributed by atoms with Crippen LogP contribution in [0.15, 0.2) is 40.9 Å². The van der Waals surface area contributed by atoms with Crippen LogP contribution in [0.1, 0.15) is 16.7 Å². The van der Waals surface area contributed by atoms with Gasteiger partial charge in [0.15, 0.2) is 0 Å². The standard InChI is InChI=1S/C16H17BrN2O/c1-10-5-4-6-15(12(10)3)19-16(20)18-14-8-7-13(17)9-11(14)2/h4-9H,1-3H3,(H2,18,19,20). The van der Waals surface area contributed by atoms with E-state index in [2.05, 4.69) is 26.6 Å². The summed E-state index contributed by atoms with van der Waals surface area (Å²) in [5, 5.41) is 5.74. The number of hydrogen-bond donors (Lipinski definition) is 2. The number of anilines is 2. The Morgan fingerprint density at radius 2 is 1.65 bits per heavy atom. The molecular weight excluding hydrogens is 316 g/mol. The van der Waals surface area contributed by atoms with Crippen molar-refractivity contribution >= 4 is 33.3 Å². The average Bonchev–Trinajstić information content (AvgIpc) is 2.38. The van der Waals surface area contributed by atoms with Crippen molar-refractivity contribution in [2.75, 3.05) is 10.6 Å². The quantitative estimate of drug-likeness (QED) is 0.796. The van der Waals surface area contributed by atoms with Crippen molar-refractivity contribution in [3.05, 3.63) is 57.6 Å². The molecule has 0 heterocycles. The first-order chi connectivity index (χ1) is 9.47. The van der Waals surface area contributed by atoms with Gasteiger partial charge in [-0.15, -0.1) is 0 Å². The molecule has 0 aromatic heterocycles. The molecule has 0 saturated heterocycles. The summed E-state index contributed by atoms with van der Waals surface area (Å²) in [6.07, 6.45) is 0. The van der Waals surface area contributed by atoms with Gasteiger partial charge in [0.05, 0.1) is 0 Å². The highest BCUT2D eigenvalue weighted by Gasteiger charge is 2.07. The Morgan fingerprint density at radius 1 is 0.950 bits per heavy atom. The highest BCUT2D eigenvalue weighted by atomic mass is 79.9. The van der Waals surface area contributed by atoms with Crippen LogP contribution in [0.4, 0.5) is 16.2 Å². The van der Waals surface area contributed by atoms with Gasteiger partial charge in [-0.1, -0.05) is 28.1 Å². The molecule has 104 valence electrons. The van der Waals surface area contributed by atoms with Gasteiger partial charge in [0.1, 0.15) is 0 Å². The Kier molecular flexibility index (Phi) is 4.45. The number of halogens is 1. The maximum absolute atomic E-state index is 12.0. The van der Waals surface area contributed by atoms with Crippen LogP contribution in [0.3, 0.4) is 0 Å². The SMILES string of the molecule is Cc1cc(Br)ccc1NC(=O)Nc1cccc(C)c1C. The van der Waals surface area contributed by atoms with Crippen LogP contribution in [0, 0.1) is 20.8 Å². The number of nitrogens with one attached hydrogen (secondary N) is 2. The number of hydrogen-bond acceptors (Lipinski definition) is 1. The molecule has 0 saturated carbocycles. The topological polar surface area (TPSA) is 41.1 Å². The molecule has 2 aromatic carbocycles. The van der Waals surface area contributed by atoms with Gasteiger partial charge in [-0.25, -0.2) is 4.79 Å². The van der Waals surface area contributed by atoms with Gasteiger partial charge < -0.3 is 10.6 Å². The molecule has 0 unspecified atom stereocenters. The first-order valence-corrected chi connectivity index (χ1v) is 7.17. The van der Waals surface area contributed by atoms with E-state index in [9.17, 15) is 4.79 Å². The summed E-state index contributed by atoms with van der Waals surface area (Å²) in [5.41, 5.74) is 4.88. The van der Waals surface area contributed by atoms with Gasteiger partial charge in [-0.3, -0.25) is 0 Å². The van der Waals surface area contributed by atoms with E-state index in [0.29, 0.717) is 0 Å². The van der Waals surface area contributed by atoms with Crippen molar-refractivity contribution in [3.8, 4) is 0 Å². The van der Waals surface area contributed by atoms with Crippen LogP contribution >= 0.6 is 15.9 Å². The maximum atomic E-state index is 12.0. The molecule has 0 spiro atoms. The number of benzene rings is 2. The lowest BCUT2D eigenvalue weighted by atomic mass is 10.1. The highest BCUT2D eigenvalue weighted by Crippen LogP contribution is 2.21. The number of rotatable bonds is 2. The highest BCUT2D eigenvalue weighted by molar-refractivity contribution is 9.10. The van der Waals surface area contributed by atoms with Crippen LogP contribution in [-0.4, -0.2) is 6.03 Å². The second-order valence-corrected chi connectivity index (χ2v) is 5.70. The molecule has 0 aliphatic heterocycles. The summed E-state index contributed by atoms with van der Waals surface area (Å²) in [6.45, 7) is 5.98. The van der Waals surface area contributed by atoms with E-state index in [-0.39, 0.29) is 6.03 Å². The van der Waals surface area contributed by atoms with Crippen molar-refractivity contribution in [3.63, 3.8) is 0 Å². The van der Waals surface area contributed by atoms with Crippen LogP contribution < -0.4 is 10.6 Å². The Balaban J connectivity index is 2.11. The van der Waals surface area contributed by atoms with Crippen molar-refractivity contribution in [1.82, 2.24) is 0 Å². The van der Waals surface area contributed by atoms with Crippen LogP contribution in [0.2, 0.25) is 0 Å². The van der Waals surface area contributed by atoms with E-state index in [1.165, 1.54) is 0 Å². The Labute approximate surface area is 127 Å². The summed E-state index contributed by atoms with van der Waals surface area (Å²) in [6, 6.07) is 11.4. The second kappa shape index (κ2) is 6.09.